The van der Waals surface area contributed by atoms with E-state index in [2.05, 4.69) is 10.3 Å². The van der Waals surface area contributed by atoms with Gasteiger partial charge in [0.05, 0.1) is 26.9 Å². The molecule has 1 aliphatic heterocycles. The lowest BCUT2D eigenvalue weighted by molar-refractivity contribution is -0.115. The van der Waals surface area contributed by atoms with Crippen LogP contribution < -0.4 is 25.3 Å². The van der Waals surface area contributed by atoms with Crippen LogP contribution in [0.3, 0.4) is 0 Å². The molecule has 3 N–H and O–H groups in total. The average Bonchev–Trinajstić information content (AvgIpc) is 3.20. The zero-order valence-electron chi connectivity index (χ0n) is 17.7. The summed E-state index contributed by atoms with van der Waals surface area (Å²) in [5, 5.41) is 7.84. The van der Waals surface area contributed by atoms with Crippen LogP contribution in [0.2, 0.25) is 0 Å². The van der Waals surface area contributed by atoms with Gasteiger partial charge in [0.25, 0.3) is 0 Å². The lowest BCUT2D eigenvalue weighted by atomic mass is 9.94. The van der Waals surface area contributed by atoms with Gasteiger partial charge in [-0.15, -0.1) is 5.10 Å². The number of aromatic nitrogens is 3. The second-order valence-electron chi connectivity index (χ2n) is 6.95. The van der Waals surface area contributed by atoms with Gasteiger partial charge in [0, 0.05) is 16.8 Å². The second-order valence-corrected chi connectivity index (χ2v) is 6.95. The van der Waals surface area contributed by atoms with E-state index >= 15 is 0 Å². The van der Waals surface area contributed by atoms with Crippen LogP contribution >= 0.6 is 0 Å². The molecule has 31 heavy (non-hydrogen) atoms. The smallest absolute Gasteiger partial charge is 0.248 e. The van der Waals surface area contributed by atoms with Gasteiger partial charge in [0.1, 0.15) is 11.8 Å². The van der Waals surface area contributed by atoms with Crippen LogP contribution in [0.5, 0.6) is 17.2 Å². The Morgan fingerprint density at radius 1 is 1.06 bits per heavy atom. The normalized spacial score (nSPS) is 15.2. The number of allylic oxidation sites excluding steroid dienone is 1. The van der Waals surface area contributed by atoms with Crippen molar-refractivity contribution in [1.82, 2.24) is 14.8 Å². The summed E-state index contributed by atoms with van der Waals surface area (Å²) in [6, 6.07) is 12.2. The molecule has 2 heterocycles. The van der Waals surface area contributed by atoms with Crippen LogP contribution in [0.1, 0.15) is 18.5 Å². The molecule has 0 radical (unpaired) electrons. The number of ether oxygens (including phenoxy) is 3. The highest BCUT2D eigenvalue weighted by molar-refractivity contribution is 5.95. The van der Waals surface area contributed by atoms with Crippen molar-refractivity contribution < 1.29 is 19.0 Å². The molecule has 4 rings (SSSR count). The summed E-state index contributed by atoms with van der Waals surface area (Å²) in [5.41, 5.74) is 8.23. The molecule has 0 unspecified atom stereocenters. The number of benzene rings is 2. The number of hydrogen-bond acceptors (Lipinski definition) is 7. The highest BCUT2D eigenvalue weighted by atomic mass is 16.5. The summed E-state index contributed by atoms with van der Waals surface area (Å²) in [6.07, 6.45) is 0. The largest absolute Gasteiger partial charge is 0.497 e. The Morgan fingerprint density at radius 2 is 1.81 bits per heavy atom. The van der Waals surface area contributed by atoms with E-state index in [0.717, 1.165) is 11.3 Å². The first-order valence-electron chi connectivity index (χ1n) is 9.58. The monoisotopic (exact) mass is 421 g/mol. The van der Waals surface area contributed by atoms with E-state index in [1.54, 1.807) is 39.0 Å². The van der Waals surface area contributed by atoms with Gasteiger partial charge in [-0.2, -0.15) is 4.98 Å². The first-order chi connectivity index (χ1) is 15.0. The summed E-state index contributed by atoms with van der Waals surface area (Å²) in [7, 11) is 4.72. The van der Waals surface area contributed by atoms with Gasteiger partial charge in [-0.05, 0) is 37.3 Å². The fraction of sp³-hybridized carbons (Fsp3) is 0.227. The molecule has 9 heteroatoms. The maximum absolute atomic E-state index is 12.4. The molecule has 0 spiro atoms. The molecule has 0 saturated carbocycles. The summed E-state index contributed by atoms with van der Waals surface area (Å²) in [5.74, 6) is 2.19. The van der Waals surface area contributed by atoms with E-state index in [1.807, 2.05) is 36.4 Å². The van der Waals surface area contributed by atoms with Crippen molar-refractivity contribution >= 4 is 11.9 Å². The van der Waals surface area contributed by atoms with Crippen molar-refractivity contribution in [1.29, 1.82) is 0 Å². The summed E-state index contributed by atoms with van der Waals surface area (Å²) < 4.78 is 17.9. The highest BCUT2D eigenvalue weighted by Gasteiger charge is 2.35. The van der Waals surface area contributed by atoms with Gasteiger partial charge in [0.15, 0.2) is 17.3 Å². The molecule has 0 saturated heterocycles. The number of primary amides is 1. The number of carbonyl (C=O) groups is 1. The predicted molar refractivity (Wildman–Crippen MR) is 115 cm³/mol. The van der Waals surface area contributed by atoms with Crippen LogP contribution in [-0.2, 0) is 4.79 Å². The number of methoxy groups -OCH3 is 3. The fourth-order valence-electron chi connectivity index (χ4n) is 3.75. The van der Waals surface area contributed by atoms with Gasteiger partial charge >= 0.3 is 0 Å². The first kappa shape index (κ1) is 20.3. The Balaban J connectivity index is 1.90. The number of fused-ring (bicyclic) bond motifs is 1. The Kier molecular flexibility index (Phi) is 5.24. The number of anilines is 1. The molecular formula is C22H23N5O4. The van der Waals surface area contributed by atoms with Crippen LogP contribution in [0.15, 0.2) is 53.7 Å². The van der Waals surface area contributed by atoms with Gasteiger partial charge in [0.2, 0.25) is 11.9 Å². The van der Waals surface area contributed by atoms with Gasteiger partial charge in [-0.1, -0.05) is 12.1 Å². The first-order valence-corrected chi connectivity index (χ1v) is 9.58. The van der Waals surface area contributed by atoms with E-state index in [9.17, 15) is 4.79 Å². The molecule has 0 fully saturated rings. The van der Waals surface area contributed by atoms with E-state index in [-0.39, 0.29) is 0 Å². The fourth-order valence-corrected chi connectivity index (χ4v) is 3.75. The quantitative estimate of drug-likeness (QED) is 0.629. The number of nitrogens with two attached hydrogens (primary N) is 1. The standard InChI is InChI=1S/C22H23N5O4/c1-12-17(20(23)28)18(15-6-5-7-16(30-3)19(15)31-4)27-22(24-12)25-21(26-27)13-8-10-14(29-2)11-9-13/h5-11,18H,1-4H3,(H2,23,28)(H,24,25,26)/t18-/m1/s1. The third-order valence-electron chi connectivity index (χ3n) is 5.19. The number of nitrogens with zero attached hydrogens (tertiary/aromatic N) is 3. The van der Waals surface area contributed by atoms with Crippen molar-refractivity contribution in [3.8, 4) is 28.6 Å². The SMILES string of the molecule is COc1ccc(-c2nc3n(n2)[C@H](c2cccc(OC)c2OC)C(C(N)=O)=C(C)N3)cc1. The molecule has 1 aromatic heterocycles. The second kappa shape index (κ2) is 8.02. The van der Waals surface area contributed by atoms with Crippen LogP contribution in [0.25, 0.3) is 11.4 Å². The number of amides is 1. The molecule has 0 aliphatic carbocycles. The van der Waals surface area contributed by atoms with Crippen LogP contribution in [0.4, 0.5) is 5.95 Å². The maximum Gasteiger partial charge on any atom is 0.248 e. The average molecular weight is 421 g/mol. The zero-order chi connectivity index (χ0) is 22.1. The van der Waals surface area contributed by atoms with E-state index < -0.39 is 11.9 Å². The lowest BCUT2D eigenvalue weighted by Gasteiger charge is -2.29. The number of para-hydroxylation sites is 1. The summed E-state index contributed by atoms with van der Waals surface area (Å²) in [6.45, 7) is 1.78. The van der Waals surface area contributed by atoms with E-state index in [4.69, 9.17) is 25.0 Å². The molecular weight excluding hydrogens is 398 g/mol. The third-order valence-corrected chi connectivity index (χ3v) is 5.19. The molecule has 9 nitrogen and oxygen atoms in total. The van der Waals surface area contributed by atoms with E-state index in [1.165, 1.54) is 0 Å². The highest BCUT2D eigenvalue weighted by Crippen LogP contribution is 2.43. The molecule has 0 bridgehead atoms. The molecule has 2 aromatic carbocycles. The minimum atomic E-state index is -0.640. The van der Waals surface area contributed by atoms with E-state index in [0.29, 0.717) is 40.1 Å². The Bertz CT molecular complexity index is 1170. The molecule has 1 amide bonds. The van der Waals surface area contributed by atoms with Crippen molar-refractivity contribution in [3.05, 3.63) is 59.3 Å². The van der Waals surface area contributed by atoms with Gasteiger partial charge < -0.3 is 25.3 Å². The molecule has 1 atom stereocenters. The molecule has 160 valence electrons. The van der Waals surface area contributed by atoms with Crippen molar-refractivity contribution in [2.75, 3.05) is 26.6 Å². The van der Waals surface area contributed by atoms with Crippen LogP contribution in [-0.4, -0.2) is 42.0 Å². The Morgan fingerprint density at radius 3 is 2.42 bits per heavy atom. The Labute approximate surface area is 179 Å². The topological polar surface area (TPSA) is 114 Å². The number of carbonyl (C=O) groups excluding carboxylic acids is 1. The van der Waals surface area contributed by atoms with Gasteiger partial charge in [-0.3, -0.25) is 4.79 Å². The Hall–Kier alpha value is -4.01. The lowest BCUT2D eigenvalue weighted by Crippen LogP contribution is -2.32. The minimum absolute atomic E-state index is 0.366. The maximum atomic E-state index is 12.4. The summed E-state index contributed by atoms with van der Waals surface area (Å²) >= 11 is 0. The van der Waals surface area contributed by atoms with Crippen molar-refractivity contribution in [2.45, 2.75) is 13.0 Å². The van der Waals surface area contributed by atoms with Crippen molar-refractivity contribution in [3.63, 3.8) is 0 Å². The number of nitrogens with one attached hydrogen (secondary N) is 1. The molecule has 3 aromatic rings. The number of hydrogen-bond donors (Lipinski definition) is 2. The summed E-state index contributed by atoms with van der Waals surface area (Å²) in [4.78, 5) is 17.1. The predicted octanol–water partition coefficient (Wildman–Crippen LogP) is 2.75. The third kappa shape index (κ3) is 3.43. The number of rotatable bonds is 6. The molecule has 1 aliphatic rings. The van der Waals surface area contributed by atoms with Crippen LogP contribution in [0, 0.1) is 0 Å². The minimum Gasteiger partial charge on any atom is -0.497 e. The van der Waals surface area contributed by atoms with Crippen molar-refractivity contribution in [2.24, 2.45) is 5.73 Å². The zero-order valence-corrected chi connectivity index (χ0v) is 17.7. The van der Waals surface area contributed by atoms with Gasteiger partial charge in [-0.25, -0.2) is 4.68 Å².